The molecular formula is C39H29N5. The highest BCUT2D eigenvalue weighted by Gasteiger charge is 2.24. The van der Waals surface area contributed by atoms with Gasteiger partial charge in [-0.1, -0.05) is 115 Å². The number of aromatic nitrogens is 5. The lowest BCUT2D eigenvalue weighted by Crippen LogP contribution is -2.11. The standard InChI is InChI=1S/C39H29N5/c1-4-14-27(15-5-1)38-40-39(28-16-6-2-7-17-28)43(41-38)26-42-34-22-12-10-20-30(34)32-24-25-33-31-21-11-13-23-35(31)44(37(33)36(32)42)29-18-8-3-9-19-29/h1-10,12-20,22-25H,11,21,26H2. The monoisotopic (exact) mass is 567 g/mol. The van der Waals surface area contributed by atoms with Crippen molar-refractivity contribution in [2.45, 2.75) is 19.5 Å². The SMILES string of the molecule is C1=Cc2c(c3ccc4c5ccccc5n(Cn5nc(-c6ccccc6)nc5-c5ccccc5)c4c3n2-c2ccccc2)CC1. The minimum atomic E-state index is 0.521. The summed E-state index contributed by atoms with van der Waals surface area (Å²) in [4.78, 5) is 5.10. The maximum atomic E-state index is 5.14. The van der Waals surface area contributed by atoms with Crippen LogP contribution in [0.2, 0.25) is 0 Å². The summed E-state index contributed by atoms with van der Waals surface area (Å²) in [5.74, 6) is 1.58. The zero-order valence-electron chi connectivity index (χ0n) is 24.1. The molecule has 9 rings (SSSR count). The Hall–Kier alpha value is -5.68. The number of hydrogen-bond donors (Lipinski definition) is 0. The first-order valence-electron chi connectivity index (χ1n) is 15.2. The van der Waals surface area contributed by atoms with Crippen LogP contribution >= 0.6 is 0 Å². The maximum absolute atomic E-state index is 5.14. The lowest BCUT2D eigenvalue weighted by molar-refractivity contribution is 0.580. The molecule has 0 radical (unpaired) electrons. The van der Waals surface area contributed by atoms with E-state index in [2.05, 4.69) is 129 Å². The lowest BCUT2D eigenvalue weighted by Gasteiger charge is -2.14. The summed E-state index contributed by atoms with van der Waals surface area (Å²) in [6.07, 6.45) is 6.71. The average molecular weight is 568 g/mol. The van der Waals surface area contributed by atoms with Crippen molar-refractivity contribution < 1.29 is 0 Å². The van der Waals surface area contributed by atoms with Gasteiger partial charge in [0.05, 0.1) is 16.6 Å². The number of rotatable bonds is 5. The highest BCUT2D eigenvalue weighted by Crippen LogP contribution is 2.41. The minimum Gasteiger partial charge on any atom is -0.318 e. The van der Waals surface area contributed by atoms with Gasteiger partial charge in [-0.25, -0.2) is 9.67 Å². The van der Waals surface area contributed by atoms with Crippen LogP contribution in [0.4, 0.5) is 0 Å². The molecular weight excluding hydrogens is 538 g/mol. The molecule has 0 atom stereocenters. The fourth-order valence-corrected chi connectivity index (χ4v) is 6.93. The van der Waals surface area contributed by atoms with Crippen molar-refractivity contribution in [1.29, 1.82) is 0 Å². The molecule has 1 aliphatic rings. The number of fused-ring (bicyclic) bond motifs is 7. The summed E-state index contributed by atoms with van der Waals surface area (Å²) in [6.45, 7) is 0.521. The van der Waals surface area contributed by atoms with E-state index in [1.807, 2.05) is 24.3 Å². The van der Waals surface area contributed by atoms with Gasteiger partial charge in [0.1, 0.15) is 6.67 Å². The van der Waals surface area contributed by atoms with Crippen LogP contribution in [0, 0.1) is 0 Å². The minimum absolute atomic E-state index is 0.521. The molecule has 8 aromatic rings. The summed E-state index contributed by atoms with van der Waals surface area (Å²) < 4.78 is 6.97. The molecule has 0 fully saturated rings. The molecule has 0 N–H and O–H groups in total. The topological polar surface area (TPSA) is 40.6 Å². The highest BCUT2D eigenvalue weighted by atomic mass is 15.4. The van der Waals surface area contributed by atoms with Crippen molar-refractivity contribution in [3.05, 3.63) is 145 Å². The summed E-state index contributed by atoms with van der Waals surface area (Å²) in [5, 5.41) is 8.94. The maximum Gasteiger partial charge on any atom is 0.181 e. The Morgan fingerprint density at radius 3 is 2.09 bits per heavy atom. The third-order valence-electron chi connectivity index (χ3n) is 8.87. The molecule has 44 heavy (non-hydrogen) atoms. The summed E-state index contributed by atoms with van der Waals surface area (Å²) in [7, 11) is 0. The van der Waals surface area contributed by atoms with Crippen molar-refractivity contribution >= 4 is 38.8 Å². The third kappa shape index (κ3) is 3.79. The van der Waals surface area contributed by atoms with Gasteiger partial charge in [-0.05, 0) is 42.7 Å². The summed E-state index contributed by atoms with van der Waals surface area (Å²) >= 11 is 0. The van der Waals surface area contributed by atoms with Crippen LogP contribution in [0.3, 0.4) is 0 Å². The molecule has 5 nitrogen and oxygen atoms in total. The second kappa shape index (κ2) is 9.96. The first-order chi connectivity index (χ1) is 21.8. The Morgan fingerprint density at radius 1 is 0.614 bits per heavy atom. The van der Waals surface area contributed by atoms with Gasteiger partial charge in [0.25, 0.3) is 0 Å². The first-order valence-corrected chi connectivity index (χ1v) is 15.2. The van der Waals surface area contributed by atoms with Crippen LogP contribution in [0.5, 0.6) is 0 Å². The van der Waals surface area contributed by atoms with Crippen LogP contribution < -0.4 is 0 Å². The Labute approximate surface area is 254 Å². The molecule has 0 unspecified atom stereocenters. The Kier molecular flexibility index (Phi) is 5.63. The van der Waals surface area contributed by atoms with Crippen LogP contribution in [0.15, 0.2) is 133 Å². The zero-order valence-corrected chi connectivity index (χ0v) is 24.1. The lowest BCUT2D eigenvalue weighted by atomic mass is 10.00. The number of aryl methyl sites for hydroxylation is 1. The van der Waals surface area contributed by atoms with Gasteiger partial charge in [0.2, 0.25) is 0 Å². The van der Waals surface area contributed by atoms with E-state index in [1.54, 1.807) is 0 Å². The van der Waals surface area contributed by atoms with Gasteiger partial charge in [0.15, 0.2) is 11.6 Å². The molecule has 0 saturated carbocycles. The van der Waals surface area contributed by atoms with Gasteiger partial charge >= 0.3 is 0 Å². The van der Waals surface area contributed by atoms with Gasteiger partial charge in [-0.2, -0.15) is 0 Å². The number of benzene rings is 5. The smallest absolute Gasteiger partial charge is 0.181 e. The predicted molar refractivity (Wildman–Crippen MR) is 180 cm³/mol. The molecule has 3 aromatic heterocycles. The Bertz CT molecular complexity index is 2340. The van der Waals surface area contributed by atoms with Crippen molar-refractivity contribution in [3.8, 4) is 28.5 Å². The summed E-state index contributed by atoms with van der Waals surface area (Å²) in [6, 6.07) is 44.8. The van der Waals surface area contributed by atoms with E-state index in [0.717, 1.165) is 35.6 Å². The van der Waals surface area contributed by atoms with E-state index in [1.165, 1.54) is 49.7 Å². The van der Waals surface area contributed by atoms with E-state index in [-0.39, 0.29) is 0 Å². The summed E-state index contributed by atoms with van der Waals surface area (Å²) in [5.41, 5.74) is 9.55. The number of nitrogens with zero attached hydrogens (tertiary/aromatic N) is 5. The normalized spacial score (nSPS) is 12.8. The van der Waals surface area contributed by atoms with Crippen molar-refractivity contribution in [3.63, 3.8) is 0 Å². The molecule has 0 spiro atoms. The van der Waals surface area contributed by atoms with Crippen LogP contribution in [-0.2, 0) is 13.1 Å². The van der Waals surface area contributed by atoms with Crippen LogP contribution in [0.1, 0.15) is 17.7 Å². The first kappa shape index (κ1) is 24.9. The van der Waals surface area contributed by atoms with Crippen molar-refractivity contribution in [1.82, 2.24) is 23.9 Å². The molecule has 0 saturated heterocycles. The van der Waals surface area contributed by atoms with Crippen molar-refractivity contribution in [2.75, 3.05) is 0 Å². The van der Waals surface area contributed by atoms with Gasteiger partial charge in [0, 0.05) is 38.7 Å². The molecule has 3 heterocycles. The van der Waals surface area contributed by atoms with Gasteiger partial charge in [-0.15, -0.1) is 5.10 Å². The molecule has 5 aromatic carbocycles. The van der Waals surface area contributed by atoms with E-state index >= 15 is 0 Å². The molecule has 0 aliphatic heterocycles. The van der Waals surface area contributed by atoms with Gasteiger partial charge < -0.3 is 9.13 Å². The van der Waals surface area contributed by atoms with E-state index in [4.69, 9.17) is 10.1 Å². The predicted octanol–water partition coefficient (Wildman–Crippen LogP) is 9.13. The average Bonchev–Trinajstić information content (AvgIpc) is 3.77. The van der Waals surface area contributed by atoms with E-state index in [9.17, 15) is 0 Å². The number of hydrogen-bond acceptors (Lipinski definition) is 2. The third-order valence-corrected chi connectivity index (χ3v) is 8.87. The van der Waals surface area contributed by atoms with Crippen LogP contribution in [0.25, 0.3) is 67.2 Å². The van der Waals surface area contributed by atoms with Crippen LogP contribution in [-0.4, -0.2) is 23.9 Å². The van der Waals surface area contributed by atoms with E-state index < -0.39 is 0 Å². The van der Waals surface area contributed by atoms with Gasteiger partial charge in [-0.3, -0.25) is 0 Å². The zero-order chi connectivity index (χ0) is 29.0. The largest absolute Gasteiger partial charge is 0.318 e. The molecule has 0 bridgehead atoms. The Balaban J connectivity index is 1.36. The quantitative estimate of drug-likeness (QED) is 0.208. The van der Waals surface area contributed by atoms with Crippen molar-refractivity contribution in [2.24, 2.45) is 0 Å². The molecule has 1 aliphatic carbocycles. The second-order valence-electron chi connectivity index (χ2n) is 11.4. The number of para-hydroxylation sites is 2. The fraction of sp³-hybridized carbons (Fsp3) is 0.0769. The molecule has 5 heteroatoms. The highest BCUT2D eigenvalue weighted by molar-refractivity contribution is 6.18. The molecule has 0 amide bonds. The second-order valence-corrected chi connectivity index (χ2v) is 11.4. The number of allylic oxidation sites excluding steroid dienone is 1. The molecule has 210 valence electrons. The fourth-order valence-electron chi connectivity index (χ4n) is 6.93. The Morgan fingerprint density at radius 2 is 1.30 bits per heavy atom. The van der Waals surface area contributed by atoms with E-state index in [0.29, 0.717) is 6.67 Å².